The zero-order valence-corrected chi connectivity index (χ0v) is 14.6. The molecule has 0 aromatic carbocycles. The second kappa shape index (κ2) is 3.52. The lowest BCUT2D eigenvalue weighted by molar-refractivity contribution is -0.758. The van der Waals surface area contributed by atoms with Gasteiger partial charge < -0.3 is 4.84 Å². The maximum atomic E-state index is 10.4. The van der Waals surface area contributed by atoms with Gasteiger partial charge in [0.05, 0.1) is 6.61 Å². The van der Waals surface area contributed by atoms with Crippen molar-refractivity contribution in [2.75, 3.05) is 6.61 Å². The van der Waals surface area contributed by atoms with Crippen molar-refractivity contribution in [2.24, 2.45) is 46.8 Å². The van der Waals surface area contributed by atoms with Crippen LogP contribution in [0.15, 0.2) is 0 Å². The molecule has 0 heterocycles. The molecule has 0 radical (unpaired) electrons. The SMILES string of the molecule is O=[N+]([O-])OCC[C@]12[C@@H]3[C@H](I)[C@@H]4[C@H]5C[C@@H]([C@H]([C@H]53)[C@@H]1I)[C@H]42. The van der Waals surface area contributed by atoms with Crippen LogP contribution < -0.4 is 0 Å². The molecule has 104 valence electrons. The number of halogens is 2. The molecule has 0 aliphatic heterocycles. The van der Waals surface area contributed by atoms with Crippen molar-refractivity contribution in [1.82, 2.24) is 0 Å². The van der Waals surface area contributed by atoms with Crippen LogP contribution in [0, 0.1) is 57.0 Å². The molecule has 6 bridgehead atoms. The molecule has 0 aromatic heterocycles. The van der Waals surface area contributed by atoms with E-state index < -0.39 is 5.09 Å². The first-order valence-electron chi connectivity index (χ1n) is 7.14. The Kier molecular flexibility index (Phi) is 2.27. The highest BCUT2D eigenvalue weighted by Crippen LogP contribution is 2.89. The Labute approximate surface area is 138 Å². The number of hydrogen-bond acceptors (Lipinski definition) is 3. The van der Waals surface area contributed by atoms with Crippen LogP contribution >= 0.6 is 45.2 Å². The van der Waals surface area contributed by atoms with Crippen LogP contribution in [-0.2, 0) is 4.84 Å². The van der Waals surface area contributed by atoms with E-state index in [9.17, 15) is 10.1 Å². The number of rotatable bonds is 4. The van der Waals surface area contributed by atoms with E-state index in [1.54, 1.807) is 0 Å². The highest BCUT2D eigenvalue weighted by molar-refractivity contribution is 14.1. The average molecular weight is 487 g/mol. The van der Waals surface area contributed by atoms with Crippen molar-refractivity contribution in [3.63, 3.8) is 0 Å². The molecule has 0 unspecified atom stereocenters. The Hall–Kier alpha value is 0.660. The van der Waals surface area contributed by atoms with Crippen molar-refractivity contribution >= 4 is 45.2 Å². The molecule has 19 heavy (non-hydrogen) atoms. The molecule has 6 fully saturated rings. The Morgan fingerprint density at radius 1 is 1.21 bits per heavy atom. The van der Waals surface area contributed by atoms with Gasteiger partial charge in [-0.3, -0.25) is 0 Å². The number of hydrogen-bond donors (Lipinski definition) is 0. The molecule has 6 heteroatoms. The lowest BCUT2D eigenvalue weighted by Crippen LogP contribution is -2.40. The van der Waals surface area contributed by atoms with Gasteiger partial charge in [-0.2, -0.15) is 0 Å². The van der Waals surface area contributed by atoms with Gasteiger partial charge in [0.1, 0.15) is 0 Å². The third-order valence-electron chi connectivity index (χ3n) is 7.30. The van der Waals surface area contributed by atoms with Gasteiger partial charge in [0.25, 0.3) is 5.09 Å². The maximum absolute atomic E-state index is 10.4. The number of alkyl halides is 2. The highest BCUT2D eigenvalue weighted by Gasteiger charge is 2.87. The summed E-state index contributed by atoms with van der Waals surface area (Å²) in [5.74, 6) is 6.51. The van der Waals surface area contributed by atoms with Gasteiger partial charge in [-0.05, 0) is 59.7 Å². The second-order valence-corrected chi connectivity index (χ2v) is 9.89. The average Bonchev–Trinajstić information content (AvgIpc) is 3.05. The van der Waals surface area contributed by atoms with Gasteiger partial charge in [-0.1, -0.05) is 45.2 Å². The van der Waals surface area contributed by atoms with E-state index in [0.717, 1.165) is 55.7 Å². The van der Waals surface area contributed by atoms with Gasteiger partial charge in [0.15, 0.2) is 0 Å². The van der Waals surface area contributed by atoms with Crippen LogP contribution in [0.5, 0.6) is 0 Å². The second-order valence-electron chi connectivity index (χ2n) is 7.11. The third kappa shape index (κ3) is 1.07. The summed E-state index contributed by atoms with van der Waals surface area (Å²) in [7, 11) is 0. The largest absolute Gasteiger partial charge is 0.314 e. The Morgan fingerprint density at radius 2 is 2.00 bits per heavy atom. The summed E-state index contributed by atoms with van der Waals surface area (Å²) in [4.78, 5) is 15.1. The summed E-state index contributed by atoms with van der Waals surface area (Å²) in [6, 6.07) is 0. The molecule has 0 N–H and O–H groups in total. The summed E-state index contributed by atoms with van der Waals surface area (Å²) in [6.07, 6.45) is 2.39. The van der Waals surface area contributed by atoms with Gasteiger partial charge in [0, 0.05) is 7.85 Å². The van der Waals surface area contributed by atoms with E-state index in [1.165, 1.54) is 6.42 Å². The molecule has 6 aliphatic carbocycles. The van der Waals surface area contributed by atoms with Crippen molar-refractivity contribution in [2.45, 2.75) is 20.7 Å². The highest BCUT2D eigenvalue weighted by atomic mass is 127. The lowest BCUT2D eigenvalue weighted by atomic mass is 9.62. The topological polar surface area (TPSA) is 52.4 Å². The van der Waals surface area contributed by atoms with E-state index in [2.05, 4.69) is 50.0 Å². The van der Waals surface area contributed by atoms with Crippen molar-refractivity contribution in [3.8, 4) is 0 Å². The van der Waals surface area contributed by atoms with Gasteiger partial charge in [0.2, 0.25) is 0 Å². The van der Waals surface area contributed by atoms with E-state index >= 15 is 0 Å². The normalized spacial score (nSPS) is 65.7. The molecule has 0 spiro atoms. The lowest BCUT2D eigenvalue weighted by Gasteiger charge is -2.42. The minimum absolute atomic E-state index is 0.312. The van der Waals surface area contributed by atoms with Crippen LogP contribution in [0.3, 0.4) is 0 Å². The number of nitrogens with zero attached hydrogens (tertiary/aromatic N) is 1. The molecule has 0 aromatic rings. The monoisotopic (exact) mass is 487 g/mol. The Morgan fingerprint density at radius 3 is 2.74 bits per heavy atom. The summed E-state index contributed by atoms with van der Waals surface area (Å²) in [5.41, 5.74) is 0.389. The molecule has 4 nitrogen and oxygen atoms in total. The molecule has 6 saturated carbocycles. The molecule has 6 rings (SSSR count). The third-order valence-corrected chi connectivity index (χ3v) is 10.9. The van der Waals surface area contributed by atoms with Crippen LogP contribution in [0.4, 0.5) is 0 Å². The molecular formula is C13H15I2NO3. The van der Waals surface area contributed by atoms with Gasteiger partial charge >= 0.3 is 0 Å². The first-order chi connectivity index (χ1) is 9.09. The standard InChI is InChI=1S/C13H15I2NO3/c14-11-8-4-3-5-7-6(4)10(11)13(9(5)8,12(7)15)1-2-19-16(17)18/h4-12H,1-3H2/t4-,5-,6-,7+,8+,9+,10-,11+,12-,13-/m0/s1. The van der Waals surface area contributed by atoms with Crippen molar-refractivity contribution in [3.05, 3.63) is 10.1 Å². The molecule has 6 aliphatic rings. The smallest absolute Gasteiger partial charge is 0.294 e. The van der Waals surface area contributed by atoms with Gasteiger partial charge in [-0.15, -0.1) is 10.1 Å². The van der Waals surface area contributed by atoms with Crippen LogP contribution in [0.25, 0.3) is 0 Å². The van der Waals surface area contributed by atoms with E-state index in [-0.39, 0.29) is 0 Å². The van der Waals surface area contributed by atoms with E-state index in [0.29, 0.717) is 12.0 Å². The molecule has 0 amide bonds. The zero-order chi connectivity index (χ0) is 13.1. The van der Waals surface area contributed by atoms with E-state index in [1.807, 2.05) is 0 Å². The summed E-state index contributed by atoms with van der Waals surface area (Å²) in [5, 5.41) is 9.81. The van der Waals surface area contributed by atoms with Gasteiger partial charge in [-0.25, -0.2) is 0 Å². The Balaban J connectivity index is 1.52. The fraction of sp³-hybridized carbons (Fsp3) is 1.00. The minimum atomic E-state index is -0.621. The first kappa shape index (κ1) is 12.2. The molecule has 0 saturated heterocycles. The summed E-state index contributed by atoms with van der Waals surface area (Å²) >= 11 is 5.40. The minimum Gasteiger partial charge on any atom is -0.314 e. The summed E-state index contributed by atoms with van der Waals surface area (Å²) in [6.45, 7) is 0.312. The fourth-order valence-electron chi connectivity index (χ4n) is 7.48. The van der Waals surface area contributed by atoms with Crippen LogP contribution in [0.2, 0.25) is 0 Å². The first-order valence-corrected chi connectivity index (χ1v) is 9.63. The van der Waals surface area contributed by atoms with Crippen molar-refractivity contribution in [1.29, 1.82) is 0 Å². The fourth-order valence-corrected chi connectivity index (χ4v) is 11.8. The quantitative estimate of drug-likeness (QED) is 0.266. The molecular weight excluding hydrogens is 472 g/mol. The van der Waals surface area contributed by atoms with Crippen LogP contribution in [-0.4, -0.2) is 19.5 Å². The predicted octanol–water partition coefficient (Wildman–Crippen LogP) is 2.95. The van der Waals surface area contributed by atoms with Crippen molar-refractivity contribution < 1.29 is 9.92 Å². The van der Waals surface area contributed by atoms with Crippen LogP contribution in [0.1, 0.15) is 12.8 Å². The zero-order valence-electron chi connectivity index (χ0n) is 10.2. The van der Waals surface area contributed by atoms with E-state index in [4.69, 9.17) is 0 Å². The maximum Gasteiger partial charge on any atom is 0.294 e. The Bertz CT molecular complexity index is 485. The predicted molar refractivity (Wildman–Crippen MR) is 84.7 cm³/mol. The molecule has 10 atom stereocenters. The summed E-state index contributed by atoms with van der Waals surface area (Å²) < 4.78 is 1.59.